The number of nitrogens with one attached hydrogen (secondary N) is 2. The summed E-state index contributed by atoms with van der Waals surface area (Å²) in [5.41, 5.74) is 9.58. The fourth-order valence-corrected chi connectivity index (χ4v) is 8.50. The maximum atomic E-state index is 14.0. The van der Waals surface area contributed by atoms with Crippen LogP contribution in [-0.4, -0.2) is 120 Å². The molecule has 2 aromatic carbocycles. The summed E-state index contributed by atoms with van der Waals surface area (Å²) < 4.78 is 1.49. The van der Waals surface area contributed by atoms with Gasteiger partial charge in [0.2, 0.25) is 5.91 Å². The fraction of sp³-hybridized carbons (Fsp3) is 0.545. The first kappa shape index (κ1) is 33.0. The van der Waals surface area contributed by atoms with E-state index < -0.39 is 6.04 Å². The number of benzene rings is 2. The molecule has 4 heterocycles. The third-order valence-electron chi connectivity index (χ3n) is 10.1. The van der Waals surface area contributed by atoms with Gasteiger partial charge in [0.25, 0.3) is 0 Å². The maximum Gasteiger partial charge on any atom is 0.322 e. The Morgan fingerprint density at radius 2 is 1.54 bits per heavy atom. The first-order valence-electron chi connectivity index (χ1n) is 16.3. The SMILES string of the molecule is CN1CCC(N2CCN(C(=O)[C@@H](Cc3cc(Br)c(N)c(Br)c3)NC(=O)N3CCC(N4Cc5ccccc5NC4=O)CC3)CC2)CC1. The number of piperidine rings is 2. The molecule has 0 spiro atoms. The molecule has 5 amide bonds. The van der Waals surface area contributed by atoms with E-state index in [1.165, 1.54) is 0 Å². The predicted octanol–water partition coefficient (Wildman–Crippen LogP) is 4.17. The van der Waals surface area contributed by atoms with Crippen molar-refractivity contribution in [2.75, 3.05) is 70.5 Å². The molecular formula is C33H44Br2N8O3. The molecule has 3 fully saturated rings. The van der Waals surface area contributed by atoms with Crippen LogP contribution in [0.25, 0.3) is 0 Å². The Morgan fingerprint density at radius 3 is 2.22 bits per heavy atom. The Balaban J connectivity index is 1.09. The monoisotopic (exact) mass is 758 g/mol. The predicted molar refractivity (Wildman–Crippen MR) is 187 cm³/mol. The van der Waals surface area contributed by atoms with E-state index in [4.69, 9.17) is 5.73 Å². The first-order chi connectivity index (χ1) is 22.2. The molecule has 0 unspecified atom stereocenters. The van der Waals surface area contributed by atoms with E-state index >= 15 is 0 Å². The number of nitrogens with zero attached hydrogens (tertiary/aromatic N) is 5. The van der Waals surface area contributed by atoms with Crippen LogP contribution < -0.4 is 16.4 Å². The number of amides is 5. The molecule has 13 heteroatoms. The lowest BCUT2D eigenvalue weighted by atomic mass is 10.0. The lowest BCUT2D eigenvalue weighted by Gasteiger charge is -2.43. The summed E-state index contributed by atoms with van der Waals surface area (Å²) in [5.74, 6) is -0.0565. The smallest absolute Gasteiger partial charge is 0.322 e. The van der Waals surface area contributed by atoms with Crippen LogP contribution in [0.3, 0.4) is 0 Å². The summed E-state index contributed by atoms with van der Waals surface area (Å²) in [6.45, 7) is 6.81. The number of likely N-dealkylation sites (tertiary alicyclic amines) is 2. The van der Waals surface area contributed by atoms with Gasteiger partial charge in [-0.05, 0) is 107 Å². The number of nitrogens with two attached hydrogens (primary N) is 1. The summed E-state index contributed by atoms with van der Waals surface area (Å²) in [5, 5.41) is 6.10. The van der Waals surface area contributed by atoms with Gasteiger partial charge in [-0.15, -0.1) is 0 Å². The molecule has 0 radical (unpaired) electrons. The van der Waals surface area contributed by atoms with Crippen molar-refractivity contribution >= 4 is 61.2 Å². The summed E-state index contributed by atoms with van der Waals surface area (Å²) in [7, 11) is 2.17. The van der Waals surface area contributed by atoms with E-state index in [-0.39, 0.29) is 24.0 Å². The van der Waals surface area contributed by atoms with Crippen molar-refractivity contribution in [3.8, 4) is 0 Å². The zero-order valence-corrected chi connectivity index (χ0v) is 29.6. The Labute approximate surface area is 288 Å². The lowest BCUT2D eigenvalue weighted by molar-refractivity contribution is -0.135. The molecular weight excluding hydrogens is 716 g/mol. The summed E-state index contributed by atoms with van der Waals surface area (Å²) in [6.07, 6.45) is 4.03. The van der Waals surface area contributed by atoms with Crippen LogP contribution >= 0.6 is 31.9 Å². The number of piperazine rings is 1. The molecule has 0 saturated carbocycles. The van der Waals surface area contributed by atoms with Gasteiger partial charge < -0.3 is 36.0 Å². The second-order valence-corrected chi connectivity index (χ2v) is 14.7. The number of carbonyl (C=O) groups is 3. The van der Waals surface area contributed by atoms with Crippen molar-refractivity contribution in [3.05, 3.63) is 56.5 Å². The van der Waals surface area contributed by atoms with Crippen LogP contribution in [0.1, 0.15) is 36.8 Å². The molecule has 11 nitrogen and oxygen atoms in total. The van der Waals surface area contributed by atoms with Crippen molar-refractivity contribution in [3.63, 3.8) is 0 Å². The highest BCUT2D eigenvalue weighted by Crippen LogP contribution is 2.31. The Hall–Kier alpha value is -2.87. The van der Waals surface area contributed by atoms with Gasteiger partial charge in [0, 0.05) is 79.0 Å². The number of anilines is 2. The van der Waals surface area contributed by atoms with Crippen molar-refractivity contribution in [2.45, 2.75) is 56.8 Å². The zero-order valence-electron chi connectivity index (χ0n) is 26.4. The van der Waals surface area contributed by atoms with E-state index in [0.29, 0.717) is 63.7 Å². The van der Waals surface area contributed by atoms with E-state index in [9.17, 15) is 14.4 Å². The molecule has 1 atom stereocenters. The minimum Gasteiger partial charge on any atom is -0.397 e. The highest BCUT2D eigenvalue weighted by atomic mass is 79.9. The second-order valence-electron chi connectivity index (χ2n) is 13.0. The molecule has 46 heavy (non-hydrogen) atoms. The molecule has 0 aliphatic carbocycles. The highest BCUT2D eigenvalue weighted by Gasteiger charge is 2.35. The van der Waals surface area contributed by atoms with Gasteiger partial charge in [-0.3, -0.25) is 9.69 Å². The fourth-order valence-electron chi connectivity index (χ4n) is 7.22. The number of fused-ring (bicyclic) bond motifs is 1. The summed E-state index contributed by atoms with van der Waals surface area (Å²) >= 11 is 7.05. The van der Waals surface area contributed by atoms with E-state index in [2.05, 4.69) is 59.3 Å². The van der Waals surface area contributed by atoms with E-state index in [0.717, 1.165) is 64.8 Å². The average Bonchev–Trinajstić information content (AvgIpc) is 3.06. The number of halogens is 2. The number of hydrogen-bond donors (Lipinski definition) is 3. The van der Waals surface area contributed by atoms with Crippen LogP contribution in [-0.2, 0) is 17.8 Å². The average molecular weight is 761 g/mol. The molecule has 2 aromatic rings. The maximum absolute atomic E-state index is 14.0. The standard InChI is InChI=1S/C33H44Br2N8O3/c1-39-10-6-24(7-11-39)40-14-16-41(17-15-40)31(44)29(20-22-18-26(34)30(36)27(35)19-22)38-32(45)42-12-8-25(9-13-42)43-21-23-4-2-3-5-28(23)37-33(43)46/h2-5,18-19,24-25,29H,6-17,20-21,36H2,1H3,(H,37,46)(H,38,45)/t29-/m1/s1. The molecule has 248 valence electrons. The molecule has 3 saturated heterocycles. The molecule has 4 aliphatic rings. The van der Waals surface area contributed by atoms with E-state index in [1.54, 1.807) is 4.90 Å². The van der Waals surface area contributed by atoms with Crippen molar-refractivity contribution in [2.24, 2.45) is 0 Å². The van der Waals surface area contributed by atoms with Gasteiger partial charge >= 0.3 is 12.1 Å². The Morgan fingerprint density at radius 1 is 0.913 bits per heavy atom. The van der Waals surface area contributed by atoms with Crippen molar-refractivity contribution < 1.29 is 14.4 Å². The molecule has 4 N–H and O–H groups in total. The third kappa shape index (κ3) is 7.48. The first-order valence-corrected chi connectivity index (χ1v) is 17.9. The van der Waals surface area contributed by atoms with Crippen LogP contribution in [0.4, 0.5) is 21.0 Å². The van der Waals surface area contributed by atoms with Gasteiger partial charge in [-0.2, -0.15) is 0 Å². The van der Waals surface area contributed by atoms with Crippen LogP contribution in [0.15, 0.2) is 45.3 Å². The molecule has 0 aromatic heterocycles. The second kappa shape index (κ2) is 14.5. The van der Waals surface area contributed by atoms with Crippen molar-refractivity contribution in [1.29, 1.82) is 0 Å². The topological polar surface area (TPSA) is 117 Å². The minimum atomic E-state index is -0.716. The number of para-hydroxylation sites is 1. The highest BCUT2D eigenvalue weighted by molar-refractivity contribution is 9.11. The number of nitrogen functional groups attached to an aromatic ring is 1. The third-order valence-corrected chi connectivity index (χ3v) is 11.4. The summed E-state index contributed by atoms with van der Waals surface area (Å²) in [4.78, 5) is 51.1. The van der Waals surface area contributed by atoms with Crippen LogP contribution in [0.5, 0.6) is 0 Å². The number of hydrogen-bond acceptors (Lipinski definition) is 6. The molecule has 6 rings (SSSR count). The van der Waals surface area contributed by atoms with Gasteiger partial charge in [0.1, 0.15) is 6.04 Å². The van der Waals surface area contributed by atoms with Crippen molar-refractivity contribution in [1.82, 2.24) is 29.8 Å². The van der Waals surface area contributed by atoms with Gasteiger partial charge in [0.15, 0.2) is 0 Å². The van der Waals surface area contributed by atoms with Gasteiger partial charge in [-0.25, -0.2) is 9.59 Å². The number of carbonyl (C=O) groups excluding carboxylic acids is 3. The number of rotatable bonds is 6. The van der Waals surface area contributed by atoms with Gasteiger partial charge in [-0.1, -0.05) is 18.2 Å². The number of urea groups is 2. The van der Waals surface area contributed by atoms with E-state index in [1.807, 2.05) is 46.2 Å². The molecule has 0 bridgehead atoms. The van der Waals surface area contributed by atoms with Crippen LogP contribution in [0, 0.1) is 0 Å². The quantitative estimate of drug-likeness (QED) is 0.381. The Bertz CT molecular complexity index is 1410. The molecule has 4 aliphatic heterocycles. The van der Waals surface area contributed by atoms with Gasteiger partial charge in [0.05, 0.1) is 5.69 Å². The van der Waals surface area contributed by atoms with Crippen LogP contribution in [0.2, 0.25) is 0 Å². The lowest BCUT2D eigenvalue weighted by Crippen LogP contribution is -2.59. The largest absolute Gasteiger partial charge is 0.397 e. The summed E-state index contributed by atoms with van der Waals surface area (Å²) in [6, 6.07) is 11.2. The Kier molecular flexibility index (Phi) is 10.4. The zero-order chi connectivity index (χ0) is 32.4. The normalized spacial score (nSPS) is 21.1. The minimum absolute atomic E-state index is 0.0418.